The maximum absolute atomic E-state index is 13.4. The van der Waals surface area contributed by atoms with Gasteiger partial charge in [0.25, 0.3) is 8.32 Å². The van der Waals surface area contributed by atoms with Crippen molar-refractivity contribution in [1.29, 1.82) is 0 Å². The fraction of sp³-hybridized carbons (Fsp3) is 0.373. The maximum atomic E-state index is 13.4. The number of fused-ring (bicyclic) bond motifs is 2. The van der Waals surface area contributed by atoms with Crippen molar-refractivity contribution >= 4 is 44.0 Å². The van der Waals surface area contributed by atoms with Crippen LogP contribution >= 0.6 is 0 Å². The number of aliphatic hydroxyl groups excluding tert-OH is 1. The second kappa shape index (κ2) is 26.4. The second-order valence-electron chi connectivity index (χ2n) is 27.5. The number of hydrogen-bond acceptors (Lipinski definition) is 13. The van der Waals surface area contributed by atoms with Gasteiger partial charge in [-0.2, -0.15) is 4.98 Å². The van der Waals surface area contributed by atoms with Gasteiger partial charge in [-0.05, 0) is 81.6 Å². The lowest BCUT2D eigenvalue weighted by Crippen LogP contribution is -2.67. The number of ether oxygens (including phenoxy) is 6. The van der Waals surface area contributed by atoms with Gasteiger partial charge in [-0.15, -0.1) is 0 Å². The Hall–Kier alpha value is -7.20. The van der Waals surface area contributed by atoms with Crippen LogP contribution < -0.4 is 20.4 Å². The number of imidazole rings is 1. The summed E-state index contributed by atoms with van der Waals surface area (Å²) in [6, 6.07) is 72.8. The topological polar surface area (TPSA) is 150 Å². The largest absolute Gasteiger partial charge is 0.458 e. The minimum Gasteiger partial charge on any atom is -0.458 e. The van der Waals surface area contributed by atoms with E-state index in [2.05, 4.69) is 206 Å². The molecule has 16 heteroatoms. The van der Waals surface area contributed by atoms with E-state index in [-0.39, 0.29) is 35.2 Å². The van der Waals surface area contributed by atoms with E-state index in [0.29, 0.717) is 36.6 Å². The summed E-state index contributed by atoms with van der Waals surface area (Å²) in [4.78, 5) is 15.7. The van der Waals surface area contributed by atoms with Crippen molar-refractivity contribution in [3.05, 3.63) is 246 Å². The molecule has 14 nitrogen and oxygen atoms in total. The predicted octanol–water partition coefficient (Wildman–Crippen LogP) is 13.5. The summed E-state index contributed by atoms with van der Waals surface area (Å²) in [5.74, 6) is -0.918. The van der Waals surface area contributed by atoms with Crippen LogP contribution in [0.2, 0.25) is 23.2 Å². The maximum Gasteiger partial charge on any atom is 0.301 e. The molecule has 1 aliphatic carbocycles. The Morgan fingerprint density at radius 2 is 1.10 bits per heavy atom. The van der Waals surface area contributed by atoms with Crippen molar-refractivity contribution in [3.8, 4) is 6.01 Å². The highest BCUT2D eigenvalue weighted by Gasteiger charge is 2.59. The van der Waals surface area contributed by atoms with Gasteiger partial charge in [0.05, 0.1) is 32.5 Å². The summed E-state index contributed by atoms with van der Waals surface area (Å²) in [5.41, 5.74) is 4.78. The Balaban J connectivity index is 1.01. The third-order valence-corrected chi connectivity index (χ3v) is 28.4. The molecule has 474 valence electrons. The predicted molar refractivity (Wildman–Crippen MR) is 361 cm³/mol. The summed E-state index contributed by atoms with van der Waals surface area (Å²) in [7, 11) is -5.75. The number of nitrogens with one attached hydrogen (secondary N) is 1. The molecule has 2 aliphatic heterocycles. The Morgan fingerprint density at radius 1 is 0.604 bits per heavy atom. The van der Waals surface area contributed by atoms with Crippen molar-refractivity contribution in [2.45, 2.75) is 158 Å². The molecule has 3 fully saturated rings. The average Bonchev–Trinajstić information content (AvgIpc) is 1.68. The summed E-state index contributed by atoms with van der Waals surface area (Å²) >= 11 is 0. The number of aliphatic hydroxyl groups is 1. The molecule has 2 N–H and O–H groups in total. The Labute approximate surface area is 538 Å². The van der Waals surface area contributed by atoms with E-state index in [9.17, 15) is 5.11 Å². The minimum absolute atomic E-state index is 0.136. The lowest BCUT2D eigenvalue weighted by Gasteiger charge is -2.48. The van der Waals surface area contributed by atoms with Gasteiger partial charge >= 0.3 is 6.01 Å². The van der Waals surface area contributed by atoms with E-state index in [4.69, 9.17) is 52.2 Å². The van der Waals surface area contributed by atoms with Crippen LogP contribution in [0.3, 0.4) is 0 Å². The molecule has 0 amide bonds. The summed E-state index contributed by atoms with van der Waals surface area (Å²) < 4.78 is 59.7. The first kappa shape index (κ1) is 63.9. The van der Waals surface area contributed by atoms with Crippen molar-refractivity contribution < 1.29 is 42.4 Å². The Kier molecular flexibility index (Phi) is 18.6. The molecule has 0 radical (unpaired) electrons. The zero-order chi connectivity index (χ0) is 63.6. The van der Waals surface area contributed by atoms with Gasteiger partial charge in [-0.25, -0.2) is 14.5 Å². The Morgan fingerprint density at radius 3 is 1.62 bits per heavy atom. The number of anilines is 1. The molecule has 3 aliphatic rings. The zero-order valence-corrected chi connectivity index (χ0v) is 56.0. The summed E-state index contributed by atoms with van der Waals surface area (Å²) in [5, 5.41) is 19.1. The highest BCUT2D eigenvalue weighted by molar-refractivity contribution is 6.99. The van der Waals surface area contributed by atoms with E-state index >= 15 is 0 Å². The van der Waals surface area contributed by atoms with Gasteiger partial charge in [0.15, 0.2) is 37.3 Å². The molecule has 9 aromatic rings. The SMILES string of the molecule is CC1(C)O[C@@H]2[C@H](O1)[C@@H](CO[Si](c1ccccc1)(c1ccccc1)C(C)(C)C)O[C@H]2n1c(O[C@@H]2C[C@H](COCc3ccccc3)[C@@H](OCc3ccccc3)[C@H](O[Si](C)(C)C(C)(C)C)[C@@H]2O)nc2c(NC(c3ccccc3)(c3ccccc3)c3ccccc3)ncnc21. The van der Waals surface area contributed by atoms with Gasteiger partial charge in [-0.3, -0.25) is 0 Å². The van der Waals surface area contributed by atoms with Crippen LogP contribution in [0.25, 0.3) is 11.2 Å². The first-order valence-electron chi connectivity index (χ1n) is 32.0. The highest BCUT2D eigenvalue weighted by Crippen LogP contribution is 2.49. The lowest BCUT2D eigenvalue weighted by molar-refractivity contribution is -0.201. The molecule has 2 aromatic heterocycles. The molecule has 4 heterocycles. The van der Waals surface area contributed by atoms with Crippen LogP contribution in [0.15, 0.2) is 219 Å². The minimum atomic E-state index is -3.10. The van der Waals surface area contributed by atoms with Crippen LogP contribution in [0.4, 0.5) is 5.82 Å². The Bertz CT molecular complexity index is 3670. The zero-order valence-electron chi connectivity index (χ0n) is 54.0. The molecule has 1 saturated carbocycles. The van der Waals surface area contributed by atoms with Crippen molar-refractivity contribution in [2.24, 2.45) is 5.92 Å². The second-order valence-corrected chi connectivity index (χ2v) is 36.5. The van der Waals surface area contributed by atoms with E-state index in [0.717, 1.165) is 38.2 Å². The van der Waals surface area contributed by atoms with Gasteiger partial charge < -0.3 is 47.7 Å². The van der Waals surface area contributed by atoms with Crippen LogP contribution in [-0.4, -0.2) is 103 Å². The van der Waals surface area contributed by atoms with E-state index < -0.39 is 76.9 Å². The van der Waals surface area contributed by atoms with E-state index in [1.165, 1.54) is 0 Å². The molecule has 9 atom stereocenters. The molecular weight excluding hydrogens is 1170 g/mol. The van der Waals surface area contributed by atoms with Crippen molar-refractivity contribution in [1.82, 2.24) is 19.5 Å². The van der Waals surface area contributed by atoms with Crippen molar-refractivity contribution in [3.63, 3.8) is 0 Å². The lowest BCUT2D eigenvalue weighted by atomic mass is 9.77. The first-order chi connectivity index (χ1) is 43.8. The smallest absolute Gasteiger partial charge is 0.301 e. The molecule has 0 unspecified atom stereocenters. The number of nitrogens with zero attached hydrogens (tertiary/aromatic N) is 4. The molecular formula is C75H87N5O9Si2. The number of benzene rings is 7. The van der Waals surface area contributed by atoms with Crippen LogP contribution in [0, 0.1) is 5.92 Å². The van der Waals surface area contributed by atoms with Gasteiger partial charge in [0.2, 0.25) is 0 Å². The molecule has 0 spiro atoms. The van der Waals surface area contributed by atoms with Crippen LogP contribution in [0.5, 0.6) is 6.01 Å². The molecule has 12 rings (SSSR count). The summed E-state index contributed by atoms with van der Waals surface area (Å²) in [6.07, 6.45) is -4.63. The molecule has 0 bridgehead atoms. The van der Waals surface area contributed by atoms with Gasteiger partial charge in [0, 0.05) is 5.92 Å². The van der Waals surface area contributed by atoms with E-state index in [1.807, 2.05) is 85.1 Å². The normalized spacial score (nSPS) is 22.8. The standard InChI is InChI=1S/C75H87N5O9Si2/c1-72(2,3)90(9,10)89-66-63(81)60(46-54(49-82-47-52-32-18-11-19-33-52)64(66)83-48-53-34-20-12-21-35-53)86-71-78-62-68(79-75(55-36-22-13-23-37-55,56-38-24-14-25-39-56)57-40-26-15-27-41-57)76-51-77-69(62)80(71)70-67-65(87-74(7,8)88-67)61(85-70)50-84-91(73(4,5)6,58-42-28-16-29-43-58)59-44-30-17-31-45-59/h11-45,51,54,60-61,63-67,70,81H,46-50H2,1-10H3,(H,76,77,79)/t54-,60-,61-,63-,64-,65-,66-,67-,70-/m1/s1. The van der Waals surface area contributed by atoms with E-state index in [1.54, 1.807) is 6.33 Å². The molecule has 2 saturated heterocycles. The third kappa shape index (κ3) is 13.0. The molecule has 7 aromatic carbocycles. The number of hydrogen-bond donors (Lipinski definition) is 2. The fourth-order valence-electron chi connectivity index (χ4n) is 13.4. The van der Waals surface area contributed by atoms with Crippen LogP contribution in [0.1, 0.15) is 95.9 Å². The third-order valence-electron chi connectivity index (χ3n) is 18.9. The number of aromatic nitrogens is 4. The summed E-state index contributed by atoms with van der Waals surface area (Å²) in [6.45, 7) is 22.9. The average molecular weight is 1260 g/mol. The number of rotatable bonds is 22. The van der Waals surface area contributed by atoms with Gasteiger partial charge in [-0.1, -0.05) is 254 Å². The van der Waals surface area contributed by atoms with Crippen LogP contribution in [-0.2, 0) is 51.3 Å². The highest BCUT2D eigenvalue weighted by atomic mass is 28.4. The quantitative estimate of drug-likeness (QED) is 0.0490. The molecule has 91 heavy (non-hydrogen) atoms. The van der Waals surface area contributed by atoms with Crippen molar-refractivity contribution in [2.75, 3.05) is 18.5 Å². The monoisotopic (exact) mass is 1260 g/mol. The first-order valence-corrected chi connectivity index (χ1v) is 36.8. The van der Waals surface area contributed by atoms with Gasteiger partial charge in [0.1, 0.15) is 48.5 Å². The fourth-order valence-corrected chi connectivity index (χ4v) is 19.3.